The lowest BCUT2D eigenvalue weighted by molar-refractivity contribution is -0.138. The first-order chi connectivity index (χ1) is 16.9. The second kappa shape index (κ2) is 11.8. The summed E-state index contributed by atoms with van der Waals surface area (Å²) in [5, 5.41) is 0. The molecule has 2 rings (SSSR count). The monoisotopic (exact) mass is 543 g/mol. The number of benzene rings is 2. The van der Waals surface area contributed by atoms with Gasteiger partial charge in [-0.1, -0.05) is 39.8 Å². The molecule has 0 saturated heterocycles. The molecule has 0 radical (unpaired) electrons. The summed E-state index contributed by atoms with van der Waals surface area (Å²) in [5.41, 5.74) is -0.430. The van der Waals surface area contributed by atoms with E-state index in [0.29, 0.717) is 18.1 Å². The number of hydrogen-bond donors (Lipinski definition) is 0. The zero-order chi connectivity index (χ0) is 28.2. The van der Waals surface area contributed by atoms with E-state index in [1.54, 1.807) is 11.0 Å². The number of amides is 1. The molecule has 2 aromatic carbocycles. The fraction of sp³-hybridized carbons (Fsp3) is 0.519. The Morgan fingerprint density at radius 1 is 1.00 bits per heavy atom. The van der Waals surface area contributed by atoms with E-state index < -0.39 is 26.8 Å². The Bertz CT molecular complexity index is 1190. The zero-order valence-corrected chi connectivity index (χ0v) is 23.2. The summed E-state index contributed by atoms with van der Waals surface area (Å²) in [6.07, 6.45) is -3.45. The lowest BCUT2D eigenvalue weighted by Gasteiger charge is -2.30. The predicted molar refractivity (Wildman–Crippen MR) is 136 cm³/mol. The van der Waals surface area contributed by atoms with Crippen molar-refractivity contribution in [2.45, 2.75) is 78.0 Å². The van der Waals surface area contributed by atoms with Crippen LogP contribution in [0.4, 0.5) is 13.2 Å². The van der Waals surface area contributed by atoms with Gasteiger partial charge in [-0.3, -0.25) is 4.79 Å². The van der Waals surface area contributed by atoms with Gasteiger partial charge in [-0.2, -0.15) is 21.6 Å². The Balaban J connectivity index is 2.31. The second-order valence-corrected chi connectivity index (χ2v) is 12.3. The van der Waals surface area contributed by atoms with Gasteiger partial charge in [-0.05, 0) is 67.5 Å². The van der Waals surface area contributed by atoms with Gasteiger partial charge in [-0.15, -0.1) is 0 Å². The Kier molecular flexibility index (Phi) is 9.68. The highest BCUT2D eigenvalue weighted by Gasteiger charge is 2.32. The molecule has 0 fully saturated rings. The van der Waals surface area contributed by atoms with Crippen LogP contribution in [0.15, 0.2) is 47.4 Å². The normalized spacial score (nSPS) is 13.4. The average Bonchev–Trinajstić information content (AvgIpc) is 2.75. The van der Waals surface area contributed by atoms with Crippen molar-refractivity contribution in [3.05, 3.63) is 53.6 Å². The average molecular weight is 544 g/mol. The number of ether oxygens (including phenoxy) is 1. The lowest BCUT2D eigenvalue weighted by Crippen LogP contribution is -2.37. The smallest absolute Gasteiger partial charge is 0.416 e. The van der Waals surface area contributed by atoms with Gasteiger partial charge in [0, 0.05) is 19.0 Å². The molecule has 37 heavy (non-hydrogen) atoms. The molecule has 0 aromatic heterocycles. The van der Waals surface area contributed by atoms with Gasteiger partial charge >= 0.3 is 16.3 Å². The third-order valence-electron chi connectivity index (χ3n) is 5.66. The lowest BCUT2D eigenvalue weighted by atomic mass is 9.84. The molecular weight excluding hydrogens is 507 g/mol. The van der Waals surface area contributed by atoms with Crippen molar-refractivity contribution in [2.24, 2.45) is 11.3 Å². The van der Waals surface area contributed by atoms with Crippen molar-refractivity contribution in [1.29, 1.82) is 0 Å². The molecule has 0 spiro atoms. The molecule has 0 saturated carbocycles. The molecule has 1 amide bonds. The molecule has 10 heteroatoms. The van der Waals surface area contributed by atoms with Crippen molar-refractivity contribution in [2.75, 3.05) is 7.11 Å². The van der Waals surface area contributed by atoms with Gasteiger partial charge in [0.05, 0.1) is 12.7 Å². The van der Waals surface area contributed by atoms with Crippen LogP contribution in [0.2, 0.25) is 0 Å². The van der Waals surface area contributed by atoms with Gasteiger partial charge in [0.25, 0.3) is 0 Å². The van der Waals surface area contributed by atoms with Crippen molar-refractivity contribution in [1.82, 2.24) is 4.90 Å². The molecule has 1 atom stereocenters. The maximum atomic E-state index is 13.1. The van der Waals surface area contributed by atoms with Crippen LogP contribution in [0.3, 0.4) is 0 Å². The summed E-state index contributed by atoms with van der Waals surface area (Å²) in [4.78, 5) is 14.2. The minimum Gasteiger partial charge on any atom is -0.493 e. The van der Waals surface area contributed by atoms with Crippen LogP contribution in [0.1, 0.15) is 65.5 Å². The van der Waals surface area contributed by atoms with E-state index in [-0.39, 0.29) is 41.3 Å². The predicted octanol–water partition coefficient (Wildman–Crippen LogP) is 6.68. The number of nitrogens with zero attached hydrogens (tertiary/aromatic N) is 1. The summed E-state index contributed by atoms with van der Waals surface area (Å²) < 4.78 is 75.3. The van der Waals surface area contributed by atoms with E-state index in [4.69, 9.17) is 8.92 Å². The van der Waals surface area contributed by atoms with Crippen LogP contribution in [0.25, 0.3) is 0 Å². The standard InChI is InChI=1S/C27H36F3NO5S/c1-18(2)31(25(32)13-19(3)16-26(4,5)6)17-20-11-12-23(35-7)24(14-20)36-37(33,34)22-10-8-9-21(15-22)27(28,29)30/h8-12,14-15,18-19H,13,16-17H2,1-7H3. The van der Waals surface area contributed by atoms with Gasteiger partial charge in [0.2, 0.25) is 5.91 Å². The van der Waals surface area contributed by atoms with Crippen molar-refractivity contribution in [3.63, 3.8) is 0 Å². The molecule has 1 unspecified atom stereocenters. The fourth-order valence-corrected chi connectivity index (χ4v) is 5.15. The van der Waals surface area contributed by atoms with Crippen molar-refractivity contribution < 1.29 is 35.3 Å². The number of alkyl halides is 3. The van der Waals surface area contributed by atoms with Crippen LogP contribution in [0.5, 0.6) is 11.5 Å². The van der Waals surface area contributed by atoms with Crippen molar-refractivity contribution in [3.8, 4) is 11.5 Å². The Hall–Kier alpha value is -2.75. The maximum Gasteiger partial charge on any atom is 0.416 e. The molecule has 2 aromatic rings. The van der Waals surface area contributed by atoms with Crippen LogP contribution >= 0.6 is 0 Å². The van der Waals surface area contributed by atoms with Gasteiger partial charge in [-0.25, -0.2) is 0 Å². The first-order valence-electron chi connectivity index (χ1n) is 12.0. The summed E-state index contributed by atoms with van der Waals surface area (Å²) >= 11 is 0. The first-order valence-corrected chi connectivity index (χ1v) is 13.4. The minimum absolute atomic E-state index is 0.0263. The third kappa shape index (κ3) is 8.94. The molecule has 0 aliphatic rings. The van der Waals surface area contributed by atoms with E-state index >= 15 is 0 Å². The molecule has 0 aliphatic carbocycles. The maximum absolute atomic E-state index is 13.1. The van der Waals surface area contributed by atoms with E-state index in [9.17, 15) is 26.4 Å². The molecule has 6 nitrogen and oxygen atoms in total. The van der Waals surface area contributed by atoms with Crippen LogP contribution in [0, 0.1) is 11.3 Å². The largest absolute Gasteiger partial charge is 0.493 e. The highest BCUT2D eigenvalue weighted by Crippen LogP contribution is 2.34. The minimum atomic E-state index is -4.71. The van der Waals surface area contributed by atoms with E-state index in [1.165, 1.54) is 19.2 Å². The number of carbonyl (C=O) groups excluding carboxylic acids is 1. The Labute approximate surface area is 217 Å². The van der Waals surface area contributed by atoms with E-state index in [1.807, 2.05) is 20.8 Å². The number of methoxy groups -OCH3 is 1. The molecular formula is C27H36F3NO5S. The highest BCUT2D eigenvalue weighted by molar-refractivity contribution is 7.87. The zero-order valence-electron chi connectivity index (χ0n) is 22.3. The number of halogens is 3. The molecule has 0 bridgehead atoms. The first kappa shape index (κ1) is 30.5. The van der Waals surface area contributed by atoms with E-state index in [0.717, 1.165) is 24.6 Å². The Morgan fingerprint density at radius 2 is 1.65 bits per heavy atom. The number of rotatable bonds is 10. The fourth-order valence-electron chi connectivity index (χ4n) is 4.17. The number of hydrogen-bond acceptors (Lipinski definition) is 5. The summed E-state index contributed by atoms with van der Waals surface area (Å²) in [5.74, 6) is 0.0536. The van der Waals surface area contributed by atoms with E-state index in [2.05, 4.69) is 20.8 Å². The number of carbonyl (C=O) groups is 1. The quantitative estimate of drug-likeness (QED) is 0.313. The molecule has 0 aliphatic heterocycles. The van der Waals surface area contributed by atoms with Gasteiger partial charge in [0.1, 0.15) is 4.90 Å². The molecule has 206 valence electrons. The summed E-state index contributed by atoms with van der Waals surface area (Å²) in [6, 6.07) is 7.81. The van der Waals surface area contributed by atoms with Crippen LogP contribution in [-0.4, -0.2) is 32.4 Å². The Morgan fingerprint density at radius 3 is 2.19 bits per heavy atom. The van der Waals surface area contributed by atoms with Gasteiger partial charge < -0.3 is 13.8 Å². The third-order valence-corrected chi connectivity index (χ3v) is 6.89. The SMILES string of the molecule is COc1ccc(CN(C(=O)CC(C)CC(C)(C)C)C(C)C)cc1OS(=O)(=O)c1cccc(C(F)(F)F)c1. The van der Waals surface area contributed by atoms with Crippen molar-refractivity contribution >= 4 is 16.0 Å². The highest BCUT2D eigenvalue weighted by atomic mass is 32.2. The van der Waals surface area contributed by atoms with Gasteiger partial charge in [0.15, 0.2) is 11.5 Å². The molecule has 0 N–H and O–H groups in total. The molecule has 0 heterocycles. The van der Waals surface area contributed by atoms with Crippen LogP contribution < -0.4 is 8.92 Å². The summed E-state index contributed by atoms with van der Waals surface area (Å²) in [7, 11) is -3.28. The topological polar surface area (TPSA) is 72.9 Å². The summed E-state index contributed by atoms with van der Waals surface area (Å²) in [6.45, 7) is 12.4. The van der Waals surface area contributed by atoms with Crippen LogP contribution in [-0.2, 0) is 27.6 Å². The second-order valence-electron chi connectivity index (χ2n) is 10.7.